The van der Waals surface area contributed by atoms with E-state index < -0.39 is 0 Å². The monoisotopic (exact) mass is 430 g/mol. The van der Waals surface area contributed by atoms with Crippen molar-refractivity contribution in [3.05, 3.63) is 53.2 Å². The first-order chi connectivity index (χ1) is 15.0. The summed E-state index contributed by atoms with van der Waals surface area (Å²) >= 11 is 0. The Morgan fingerprint density at radius 2 is 1.74 bits per heavy atom. The molecule has 0 unspecified atom stereocenters. The van der Waals surface area contributed by atoms with Crippen LogP contribution in [-0.2, 0) is 10.2 Å². The first-order valence-corrected chi connectivity index (χ1v) is 10.6. The van der Waals surface area contributed by atoms with Crippen LogP contribution in [0.15, 0.2) is 34.9 Å². The van der Waals surface area contributed by atoms with Gasteiger partial charge in [0.2, 0.25) is 5.76 Å². The van der Waals surface area contributed by atoms with E-state index in [1.807, 2.05) is 0 Å². The average molecular weight is 430 g/mol. The lowest BCUT2D eigenvalue weighted by Gasteiger charge is -2.39. The summed E-state index contributed by atoms with van der Waals surface area (Å²) in [6.45, 7) is 5.18. The topological polar surface area (TPSA) is 87.9 Å². The zero-order valence-corrected chi connectivity index (χ0v) is 17.6. The molecule has 2 aromatic rings. The highest BCUT2D eigenvalue weighted by Crippen LogP contribution is 2.34. The lowest BCUT2D eigenvalue weighted by atomic mass is 9.74. The van der Waals surface area contributed by atoms with Gasteiger partial charge in [-0.25, -0.2) is 9.18 Å². The van der Waals surface area contributed by atoms with Crippen molar-refractivity contribution in [1.82, 2.24) is 20.3 Å². The lowest BCUT2D eigenvalue weighted by Crippen LogP contribution is -2.55. The molecule has 1 aromatic heterocycles. The van der Waals surface area contributed by atoms with Gasteiger partial charge in [-0.2, -0.15) is 0 Å². The first kappa shape index (κ1) is 21.3. The van der Waals surface area contributed by atoms with Crippen molar-refractivity contribution in [2.24, 2.45) is 0 Å². The van der Waals surface area contributed by atoms with Gasteiger partial charge in [0.15, 0.2) is 0 Å². The van der Waals surface area contributed by atoms with E-state index in [0.717, 1.165) is 18.4 Å². The Labute approximate surface area is 180 Å². The van der Waals surface area contributed by atoms with Crippen molar-refractivity contribution in [2.45, 2.75) is 25.2 Å². The molecule has 1 N–H and O–H groups in total. The number of aryl methyl sites for hydroxylation is 1. The third kappa shape index (κ3) is 4.71. The van der Waals surface area contributed by atoms with E-state index in [4.69, 9.17) is 9.26 Å². The molecule has 2 aliphatic rings. The molecule has 2 aliphatic heterocycles. The van der Waals surface area contributed by atoms with Gasteiger partial charge in [0.1, 0.15) is 5.82 Å². The van der Waals surface area contributed by atoms with Gasteiger partial charge in [-0.1, -0.05) is 17.3 Å². The molecule has 0 saturated carbocycles. The predicted molar refractivity (Wildman–Crippen MR) is 110 cm³/mol. The van der Waals surface area contributed by atoms with Crippen LogP contribution in [0.2, 0.25) is 0 Å². The summed E-state index contributed by atoms with van der Waals surface area (Å²) in [5.74, 6) is -0.266. The molecule has 0 aliphatic carbocycles. The SMILES string of the molecule is Cc1cc(C(=O)N2CCN(C(=O)NCC3(c4ccc(F)cc4)CCOCC3)CC2)on1. The standard InChI is InChI=1S/C22H27FN4O4/c1-16-14-19(31-25-16)20(28)26-8-10-27(11-9-26)21(29)24-15-22(6-12-30-13-7-22)17-2-4-18(23)5-3-17/h2-5,14H,6-13,15H2,1H3,(H,24,29). The molecule has 0 atom stereocenters. The van der Waals surface area contributed by atoms with Gasteiger partial charge in [0.05, 0.1) is 5.69 Å². The second kappa shape index (κ2) is 9.05. The summed E-state index contributed by atoms with van der Waals surface area (Å²) in [6, 6.07) is 7.96. The van der Waals surface area contributed by atoms with E-state index in [1.54, 1.807) is 34.9 Å². The van der Waals surface area contributed by atoms with Crippen LogP contribution in [0.3, 0.4) is 0 Å². The molecule has 9 heteroatoms. The molecule has 2 fully saturated rings. The van der Waals surface area contributed by atoms with Crippen LogP contribution < -0.4 is 5.32 Å². The number of urea groups is 1. The van der Waals surface area contributed by atoms with Crippen molar-refractivity contribution in [3.8, 4) is 0 Å². The fourth-order valence-electron chi connectivity index (χ4n) is 4.22. The number of halogens is 1. The van der Waals surface area contributed by atoms with Crippen LogP contribution in [0.5, 0.6) is 0 Å². The van der Waals surface area contributed by atoms with Crippen molar-refractivity contribution < 1.29 is 23.2 Å². The molecule has 31 heavy (non-hydrogen) atoms. The van der Waals surface area contributed by atoms with Crippen LogP contribution in [-0.4, -0.2) is 72.8 Å². The van der Waals surface area contributed by atoms with Crippen molar-refractivity contribution in [1.29, 1.82) is 0 Å². The van der Waals surface area contributed by atoms with Crippen LogP contribution in [0.4, 0.5) is 9.18 Å². The molecule has 3 heterocycles. The highest BCUT2D eigenvalue weighted by Gasteiger charge is 2.36. The molecule has 4 rings (SSSR count). The Balaban J connectivity index is 1.33. The van der Waals surface area contributed by atoms with Crippen molar-refractivity contribution >= 4 is 11.9 Å². The second-order valence-electron chi connectivity index (χ2n) is 8.17. The van der Waals surface area contributed by atoms with E-state index in [-0.39, 0.29) is 28.9 Å². The van der Waals surface area contributed by atoms with Crippen molar-refractivity contribution in [3.63, 3.8) is 0 Å². The largest absolute Gasteiger partial charge is 0.381 e. The van der Waals surface area contributed by atoms with Gasteiger partial charge in [-0.15, -0.1) is 0 Å². The smallest absolute Gasteiger partial charge is 0.317 e. The van der Waals surface area contributed by atoms with E-state index in [2.05, 4.69) is 10.5 Å². The van der Waals surface area contributed by atoms with Gasteiger partial charge in [0.25, 0.3) is 5.91 Å². The van der Waals surface area contributed by atoms with Gasteiger partial charge in [0, 0.05) is 57.4 Å². The molecule has 166 valence electrons. The number of hydrogen-bond donors (Lipinski definition) is 1. The normalized spacial score (nSPS) is 18.6. The molecule has 0 bridgehead atoms. The summed E-state index contributed by atoms with van der Waals surface area (Å²) in [5, 5.41) is 6.81. The Bertz CT molecular complexity index is 916. The quantitative estimate of drug-likeness (QED) is 0.805. The Morgan fingerprint density at radius 3 is 2.35 bits per heavy atom. The summed E-state index contributed by atoms with van der Waals surface area (Å²) in [4.78, 5) is 28.7. The minimum atomic E-state index is -0.275. The van der Waals surface area contributed by atoms with E-state index >= 15 is 0 Å². The van der Waals surface area contributed by atoms with Crippen LogP contribution in [0, 0.1) is 12.7 Å². The van der Waals surface area contributed by atoms with Crippen molar-refractivity contribution in [2.75, 3.05) is 45.9 Å². The van der Waals surface area contributed by atoms with Gasteiger partial charge in [-0.3, -0.25) is 4.79 Å². The Kier molecular flexibility index (Phi) is 6.22. The summed E-state index contributed by atoms with van der Waals surface area (Å²) in [6.07, 6.45) is 1.52. The molecule has 2 saturated heterocycles. The Morgan fingerprint density at radius 1 is 1.10 bits per heavy atom. The van der Waals surface area contributed by atoms with Crippen LogP contribution in [0.1, 0.15) is 34.7 Å². The number of nitrogens with zero attached hydrogens (tertiary/aromatic N) is 3. The van der Waals surface area contributed by atoms with Gasteiger partial charge >= 0.3 is 6.03 Å². The van der Waals surface area contributed by atoms with E-state index in [1.165, 1.54) is 12.1 Å². The fraction of sp³-hybridized carbons (Fsp3) is 0.500. The maximum atomic E-state index is 13.4. The number of carbonyl (C=O) groups is 2. The molecule has 0 radical (unpaired) electrons. The van der Waals surface area contributed by atoms with Crippen LogP contribution in [0.25, 0.3) is 0 Å². The number of aromatic nitrogens is 1. The maximum Gasteiger partial charge on any atom is 0.317 e. The lowest BCUT2D eigenvalue weighted by molar-refractivity contribution is 0.0493. The molecule has 0 spiro atoms. The number of amides is 3. The highest BCUT2D eigenvalue weighted by atomic mass is 19.1. The maximum absolute atomic E-state index is 13.4. The minimum Gasteiger partial charge on any atom is -0.381 e. The molecule has 8 nitrogen and oxygen atoms in total. The zero-order chi connectivity index (χ0) is 21.8. The number of carbonyl (C=O) groups excluding carboxylic acids is 2. The summed E-state index contributed by atoms with van der Waals surface area (Å²) < 4.78 is 24.0. The van der Waals surface area contributed by atoms with Gasteiger partial charge in [-0.05, 0) is 37.5 Å². The predicted octanol–water partition coefficient (Wildman–Crippen LogP) is 2.34. The fourth-order valence-corrected chi connectivity index (χ4v) is 4.22. The summed E-state index contributed by atoms with van der Waals surface area (Å²) in [7, 11) is 0. The molecule has 1 aromatic carbocycles. The zero-order valence-electron chi connectivity index (χ0n) is 17.6. The van der Waals surface area contributed by atoms with E-state index in [0.29, 0.717) is 51.6 Å². The highest BCUT2D eigenvalue weighted by molar-refractivity contribution is 5.91. The number of nitrogens with one attached hydrogen (secondary N) is 1. The molecular weight excluding hydrogens is 403 g/mol. The first-order valence-electron chi connectivity index (χ1n) is 10.6. The van der Waals surface area contributed by atoms with E-state index in [9.17, 15) is 14.0 Å². The number of ether oxygens (including phenoxy) is 1. The number of hydrogen-bond acceptors (Lipinski definition) is 5. The minimum absolute atomic E-state index is 0.157. The number of rotatable bonds is 4. The van der Waals surface area contributed by atoms with Crippen LogP contribution >= 0.6 is 0 Å². The van der Waals surface area contributed by atoms with Gasteiger partial charge < -0.3 is 24.4 Å². The molecular formula is C22H27FN4O4. The average Bonchev–Trinajstić information content (AvgIpc) is 3.24. The summed E-state index contributed by atoms with van der Waals surface area (Å²) in [5.41, 5.74) is 1.39. The third-order valence-corrected chi connectivity index (χ3v) is 6.18. The third-order valence-electron chi connectivity index (χ3n) is 6.18. The second-order valence-corrected chi connectivity index (χ2v) is 8.17. The number of piperazine rings is 1. The Hall–Kier alpha value is -2.94. The molecule has 3 amide bonds. The number of benzene rings is 1.